The van der Waals surface area contributed by atoms with Crippen LogP contribution in [0.15, 0.2) is 29.5 Å². The SMILES string of the molecule is CCCOc1ccc(Cl)cc1C1NC(=O)NC(C)=C1C(=O)OCC(C)C. The van der Waals surface area contributed by atoms with Crippen LogP contribution in [0.5, 0.6) is 5.75 Å². The van der Waals surface area contributed by atoms with Gasteiger partial charge >= 0.3 is 12.0 Å². The Morgan fingerprint density at radius 2 is 2.08 bits per heavy atom. The van der Waals surface area contributed by atoms with Crippen LogP contribution in [0.4, 0.5) is 4.79 Å². The molecule has 142 valence electrons. The second-order valence-electron chi connectivity index (χ2n) is 6.59. The van der Waals surface area contributed by atoms with Gasteiger partial charge in [-0.25, -0.2) is 9.59 Å². The summed E-state index contributed by atoms with van der Waals surface area (Å²) in [7, 11) is 0. The molecule has 0 fully saturated rings. The van der Waals surface area contributed by atoms with E-state index in [2.05, 4.69) is 10.6 Å². The van der Waals surface area contributed by atoms with Crippen molar-refractivity contribution in [2.75, 3.05) is 13.2 Å². The number of ether oxygens (including phenoxy) is 2. The Kier molecular flexibility index (Phi) is 6.91. The first kappa shape index (κ1) is 20.1. The van der Waals surface area contributed by atoms with Crippen molar-refractivity contribution >= 4 is 23.6 Å². The van der Waals surface area contributed by atoms with Gasteiger partial charge in [-0.15, -0.1) is 0 Å². The largest absolute Gasteiger partial charge is 0.493 e. The van der Waals surface area contributed by atoms with Gasteiger partial charge in [-0.05, 0) is 37.5 Å². The smallest absolute Gasteiger partial charge is 0.338 e. The highest BCUT2D eigenvalue weighted by Gasteiger charge is 2.34. The van der Waals surface area contributed by atoms with Crippen LogP contribution in [0.3, 0.4) is 0 Å². The summed E-state index contributed by atoms with van der Waals surface area (Å²) in [6, 6.07) is 4.06. The number of nitrogens with one attached hydrogen (secondary N) is 2. The molecule has 6 nitrogen and oxygen atoms in total. The van der Waals surface area contributed by atoms with Crippen molar-refractivity contribution in [2.45, 2.75) is 40.2 Å². The summed E-state index contributed by atoms with van der Waals surface area (Å²) in [5.41, 5.74) is 1.42. The van der Waals surface area contributed by atoms with Crippen LogP contribution in [0, 0.1) is 5.92 Å². The van der Waals surface area contributed by atoms with Crippen molar-refractivity contribution in [1.82, 2.24) is 10.6 Å². The second kappa shape index (κ2) is 8.94. The average Bonchev–Trinajstić information content (AvgIpc) is 2.57. The van der Waals surface area contributed by atoms with Crippen molar-refractivity contribution in [3.8, 4) is 5.75 Å². The summed E-state index contributed by atoms with van der Waals surface area (Å²) >= 11 is 6.16. The Bertz CT molecular complexity index is 715. The van der Waals surface area contributed by atoms with E-state index in [0.29, 0.717) is 40.8 Å². The highest BCUT2D eigenvalue weighted by Crippen LogP contribution is 2.35. The van der Waals surface area contributed by atoms with Crippen LogP contribution in [-0.4, -0.2) is 25.2 Å². The maximum Gasteiger partial charge on any atom is 0.338 e. The van der Waals surface area contributed by atoms with Crippen molar-refractivity contribution in [2.24, 2.45) is 5.92 Å². The zero-order valence-electron chi connectivity index (χ0n) is 15.5. The van der Waals surface area contributed by atoms with E-state index in [9.17, 15) is 9.59 Å². The summed E-state index contributed by atoms with van der Waals surface area (Å²) in [4.78, 5) is 24.7. The summed E-state index contributed by atoms with van der Waals surface area (Å²) in [5.74, 6) is 0.305. The Morgan fingerprint density at radius 1 is 1.35 bits per heavy atom. The normalized spacial score (nSPS) is 17.0. The first-order valence-electron chi connectivity index (χ1n) is 8.71. The Balaban J connectivity index is 2.44. The summed E-state index contributed by atoms with van der Waals surface area (Å²) < 4.78 is 11.2. The number of carbonyl (C=O) groups excluding carboxylic acids is 2. The van der Waals surface area contributed by atoms with Gasteiger partial charge in [0, 0.05) is 16.3 Å². The predicted octanol–water partition coefficient (Wildman–Crippen LogP) is 3.96. The molecular formula is C19H25ClN2O4. The molecule has 7 heteroatoms. The zero-order chi connectivity index (χ0) is 19.3. The number of benzene rings is 1. The van der Waals surface area contributed by atoms with Crippen LogP contribution < -0.4 is 15.4 Å². The molecule has 1 aromatic rings. The topological polar surface area (TPSA) is 76.7 Å². The number of esters is 1. The lowest BCUT2D eigenvalue weighted by Gasteiger charge is -2.29. The number of urea groups is 1. The molecule has 0 bridgehead atoms. The molecule has 0 saturated heterocycles. The van der Waals surface area contributed by atoms with Crippen molar-refractivity contribution in [3.05, 3.63) is 40.1 Å². The molecule has 1 heterocycles. The number of hydrogen-bond donors (Lipinski definition) is 2. The van der Waals surface area contributed by atoms with Crippen LogP contribution in [-0.2, 0) is 9.53 Å². The zero-order valence-corrected chi connectivity index (χ0v) is 16.3. The number of amides is 2. The molecule has 1 unspecified atom stereocenters. The minimum atomic E-state index is -0.700. The van der Waals surface area contributed by atoms with E-state index in [1.807, 2.05) is 20.8 Å². The Labute approximate surface area is 158 Å². The third-order valence-corrected chi connectivity index (χ3v) is 4.02. The summed E-state index contributed by atoms with van der Waals surface area (Å²) in [6.45, 7) is 8.41. The number of halogens is 1. The Hall–Kier alpha value is -2.21. The number of hydrogen-bond acceptors (Lipinski definition) is 4. The summed E-state index contributed by atoms with van der Waals surface area (Å²) in [5, 5.41) is 5.90. The molecule has 2 N–H and O–H groups in total. The van der Waals surface area contributed by atoms with Gasteiger partial charge in [0.1, 0.15) is 5.75 Å². The van der Waals surface area contributed by atoms with Crippen LogP contribution in [0.25, 0.3) is 0 Å². The quantitative estimate of drug-likeness (QED) is 0.702. The minimum absolute atomic E-state index is 0.207. The van der Waals surface area contributed by atoms with E-state index in [4.69, 9.17) is 21.1 Å². The van der Waals surface area contributed by atoms with Crippen molar-refractivity contribution in [1.29, 1.82) is 0 Å². The molecule has 1 atom stereocenters. The lowest BCUT2D eigenvalue weighted by molar-refractivity contribution is -0.140. The van der Waals surface area contributed by atoms with Gasteiger partial charge in [-0.2, -0.15) is 0 Å². The van der Waals surface area contributed by atoms with Gasteiger partial charge in [0.15, 0.2) is 0 Å². The molecule has 0 radical (unpaired) electrons. The molecule has 1 aliphatic rings. The predicted molar refractivity (Wildman–Crippen MR) is 100 cm³/mol. The average molecular weight is 381 g/mol. The highest BCUT2D eigenvalue weighted by molar-refractivity contribution is 6.30. The van der Waals surface area contributed by atoms with E-state index in [-0.39, 0.29) is 5.92 Å². The fourth-order valence-electron chi connectivity index (χ4n) is 2.61. The molecular weight excluding hydrogens is 356 g/mol. The van der Waals surface area contributed by atoms with Crippen LogP contribution >= 0.6 is 11.6 Å². The number of allylic oxidation sites excluding steroid dienone is 1. The highest BCUT2D eigenvalue weighted by atomic mass is 35.5. The molecule has 0 saturated carbocycles. The first-order valence-corrected chi connectivity index (χ1v) is 9.08. The molecule has 0 spiro atoms. The maximum atomic E-state index is 12.7. The van der Waals surface area contributed by atoms with Gasteiger partial charge in [-0.3, -0.25) is 0 Å². The van der Waals surface area contributed by atoms with E-state index in [0.717, 1.165) is 6.42 Å². The van der Waals surface area contributed by atoms with Gasteiger partial charge in [0.2, 0.25) is 0 Å². The van der Waals surface area contributed by atoms with Crippen molar-refractivity contribution in [3.63, 3.8) is 0 Å². The molecule has 1 aromatic carbocycles. The van der Waals surface area contributed by atoms with E-state index < -0.39 is 18.0 Å². The molecule has 2 amide bonds. The van der Waals surface area contributed by atoms with Crippen molar-refractivity contribution < 1.29 is 19.1 Å². The van der Waals surface area contributed by atoms with Gasteiger partial charge in [0.05, 0.1) is 24.8 Å². The molecule has 0 aromatic heterocycles. The number of carbonyl (C=O) groups is 2. The molecule has 2 rings (SSSR count). The maximum absolute atomic E-state index is 12.7. The molecule has 1 aliphatic heterocycles. The fourth-order valence-corrected chi connectivity index (χ4v) is 2.79. The van der Waals surface area contributed by atoms with E-state index >= 15 is 0 Å². The third-order valence-electron chi connectivity index (χ3n) is 3.78. The second-order valence-corrected chi connectivity index (χ2v) is 7.03. The van der Waals surface area contributed by atoms with Gasteiger partial charge in [-0.1, -0.05) is 32.4 Å². The van der Waals surface area contributed by atoms with Crippen LogP contribution in [0.1, 0.15) is 45.7 Å². The monoisotopic (exact) mass is 380 g/mol. The lowest BCUT2D eigenvalue weighted by atomic mass is 9.94. The van der Waals surface area contributed by atoms with Gasteiger partial charge in [0.25, 0.3) is 0 Å². The minimum Gasteiger partial charge on any atom is -0.493 e. The molecule has 0 aliphatic carbocycles. The first-order chi connectivity index (χ1) is 12.3. The Morgan fingerprint density at radius 3 is 2.73 bits per heavy atom. The lowest BCUT2D eigenvalue weighted by Crippen LogP contribution is -2.45. The fraction of sp³-hybridized carbons (Fsp3) is 0.474. The van der Waals surface area contributed by atoms with Crippen LogP contribution in [0.2, 0.25) is 5.02 Å². The molecule has 26 heavy (non-hydrogen) atoms. The van der Waals surface area contributed by atoms with E-state index in [1.165, 1.54) is 0 Å². The third kappa shape index (κ3) is 4.91. The number of rotatable bonds is 7. The standard InChI is InChI=1S/C19H25ClN2O4/c1-5-8-25-15-7-6-13(20)9-14(15)17-16(12(4)21-19(24)22-17)18(23)26-10-11(2)3/h6-7,9,11,17H,5,8,10H2,1-4H3,(H2,21,22,24). The van der Waals surface area contributed by atoms with Gasteiger partial charge < -0.3 is 20.1 Å². The summed E-state index contributed by atoms with van der Waals surface area (Å²) in [6.07, 6.45) is 0.832. The van der Waals surface area contributed by atoms with E-state index in [1.54, 1.807) is 25.1 Å².